The summed E-state index contributed by atoms with van der Waals surface area (Å²) in [6, 6.07) is 3.77. The number of amides is 2. The van der Waals surface area contributed by atoms with Gasteiger partial charge in [0.2, 0.25) is 11.8 Å². The van der Waals surface area contributed by atoms with Gasteiger partial charge in [-0.15, -0.1) is 0 Å². The molecule has 110 valence electrons. The summed E-state index contributed by atoms with van der Waals surface area (Å²) in [5, 5.41) is 2.84. The van der Waals surface area contributed by atoms with Crippen molar-refractivity contribution in [3.05, 3.63) is 30.1 Å². The Kier molecular flexibility index (Phi) is 7.32. The number of unbranched alkanes of at least 4 members (excludes halogenated alkanes) is 1. The molecule has 0 unspecified atom stereocenters. The highest BCUT2D eigenvalue weighted by Crippen LogP contribution is 2.03. The van der Waals surface area contributed by atoms with Crippen LogP contribution >= 0.6 is 0 Å². The van der Waals surface area contributed by atoms with Crippen LogP contribution in [0.1, 0.15) is 38.7 Å². The molecular formula is C15H23N3O2. The van der Waals surface area contributed by atoms with Gasteiger partial charge in [-0.25, -0.2) is 0 Å². The zero-order valence-electron chi connectivity index (χ0n) is 12.3. The van der Waals surface area contributed by atoms with Gasteiger partial charge in [0.05, 0.1) is 0 Å². The van der Waals surface area contributed by atoms with Crippen LogP contribution in [-0.4, -0.2) is 34.8 Å². The maximum atomic E-state index is 11.6. The number of carbonyl (C=O) groups is 2. The molecular weight excluding hydrogens is 254 g/mol. The quantitative estimate of drug-likeness (QED) is 0.787. The first-order valence-electron chi connectivity index (χ1n) is 7.04. The molecule has 0 aromatic carbocycles. The van der Waals surface area contributed by atoms with Crippen molar-refractivity contribution >= 4 is 11.8 Å². The lowest BCUT2D eigenvalue weighted by molar-refractivity contribution is -0.130. The maximum Gasteiger partial charge on any atom is 0.220 e. The number of nitrogens with one attached hydrogen (secondary N) is 1. The molecule has 0 spiro atoms. The standard InChI is InChI=1S/C15H23N3O2/c1-3-4-5-15(20)17-10-11-18(13(2)19)12-14-6-8-16-9-7-14/h6-9H,3-5,10-12H2,1-2H3,(H,17,20). The average Bonchev–Trinajstić information content (AvgIpc) is 2.45. The van der Waals surface area contributed by atoms with Gasteiger partial charge in [-0.3, -0.25) is 14.6 Å². The minimum Gasteiger partial charge on any atom is -0.354 e. The van der Waals surface area contributed by atoms with Gasteiger partial charge in [-0.1, -0.05) is 13.3 Å². The Morgan fingerprint density at radius 2 is 2.00 bits per heavy atom. The van der Waals surface area contributed by atoms with Crippen LogP contribution in [0.2, 0.25) is 0 Å². The van der Waals surface area contributed by atoms with Gasteiger partial charge in [0.25, 0.3) is 0 Å². The zero-order chi connectivity index (χ0) is 14.8. The molecule has 1 heterocycles. The Bertz CT molecular complexity index is 420. The Labute approximate surface area is 120 Å². The Morgan fingerprint density at radius 1 is 1.30 bits per heavy atom. The summed E-state index contributed by atoms with van der Waals surface area (Å²) in [6.07, 6.45) is 5.88. The number of nitrogens with zero attached hydrogens (tertiary/aromatic N) is 2. The molecule has 1 rings (SSSR count). The van der Waals surface area contributed by atoms with E-state index < -0.39 is 0 Å². The first kappa shape index (κ1) is 16.1. The Balaban J connectivity index is 2.37. The van der Waals surface area contributed by atoms with Crippen molar-refractivity contribution in [3.63, 3.8) is 0 Å². The van der Waals surface area contributed by atoms with Gasteiger partial charge >= 0.3 is 0 Å². The van der Waals surface area contributed by atoms with Crippen molar-refractivity contribution in [1.82, 2.24) is 15.2 Å². The highest BCUT2D eigenvalue weighted by Gasteiger charge is 2.09. The average molecular weight is 277 g/mol. The topological polar surface area (TPSA) is 62.3 Å². The van der Waals surface area contributed by atoms with E-state index in [9.17, 15) is 9.59 Å². The van der Waals surface area contributed by atoms with Gasteiger partial charge in [0.1, 0.15) is 0 Å². The van der Waals surface area contributed by atoms with E-state index in [1.165, 1.54) is 0 Å². The fourth-order valence-corrected chi connectivity index (χ4v) is 1.81. The molecule has 0 saturated heterocycles. The molecule has 0 aliphatic rings. The van der Waals surface area contributed by atoms with Crippen LogP contribution in [0.3, 0.4) is 0 Å². The van der Waals surface area contributed by atoms with Crippen LogP contribution in [0.25, 0.3) is 0 Å². The number of hydrogen-bond donors (Lipinski definition) is 1. The fourth-order valence-electron chi connectivity index (χ4n) is 1.81. The third-order valence-electron chi connectivity index (χ3n) is 3.03. The van der Waals surface area contributed by atoms with Crippen molar-refractivity contribution in [1.29, 1.82) is 0 Å². The second-order valence-corrected chi connectivity index (χ2v) is 4.75. The predicted molar refractivity (Wildman–Crippen MR) is 77.9 cm³/mol. The van der Waals surface area contributed by atoms with Crippen molar-refractivity contribution in [3.8, 4) is 0 Å². The van der Waals surface area contributed by atoms with E-state index in [0.717, 1.165) is 18.4 Å². The number of carbonyl (C=O) groups excluding carboxylic acids is 2. The monoisotopic (exact) mass is 277 g/mol. The molecule has 0 aliphatic heterocycles. The molecule has 0 aliphatic carbocycles. The van der Waals surface area contributed by atoms with Crippen molar-refractivity contribution in [2.45, 2.75) is 39.7 Å². The molecule has 5 nitrogen and oxygen atoms in total. The molecule has 0 bridgehead atoms. The Hall–Kier alpha value is -1.91. The number of pyridine rings is 1. The molecule has 1 aromatic heterocycles. The first-order valence-corrected chi connectivity index (χ1v) is 7.04. The molecule has 0 atom stereocenters. The van der Waals surface area contributed by atoms with Gasteiger partial charge in [0, 0.05) is 45.4 Å². The van der Waals surface area contributed by atoms with E-state index >= 15 is 0 Å². The van der Waals surface area contributed by atoms with Gasteiger partial charge in [-0.05, 0) is 24.1 Å². The highest BCUT2D eigenvalue weighted by atomic mass is 16.2. The largest absolute Gasteiger partial charge is 0.354 e. The van der Waals surface area contributed by atoms with Gasteiger partial charge in [-0.2, -0.15) is 0 Å². The number of hydrogen-bond acceptors (Lipinski definition) is 3. The number of rotatable bonds is 8. The summed E-state index contributed by atoms with van der Waals surface area (Å²) in [7, 11) is 0. The van der Waals surface area contributed by atoms with Gasteiger partial charge in [0.15, 0.2) is 0 Å². The van der Waals surface area contributed by atoms with Crippen molar-refractivity contribution < 1.29 is 9.59 Å². The normalized spacial score (nSPS) is 10.1. The van der Waals surface area contributed by atoms with Crippen LogP contribution in [0.5, 0.6) is 0 Å². The molecule has 2 amide bonds. The van der Waals surface area contributed by atoms with Crippen LogP contribution in [0.15, 0.2) is 24.5 Å². The lowest BCUT2D eigenvalue weighted by atomic mass is 10.2. The predicted octanol–water partition coefficient (Wildman–Crippen LogP) is 1.74. The first-order chi connectivity index (χ1) is 9.63. The molecule has 0 saturated carbocycles. The number of aromatic nitrogens is 1. The SMILES string of the molecule is CCCCC(=O)NCCN(Cc1ccncc1)C(C)=O. The van der Waals surface area contributed by atoms with E-state index in [4.69, 9.17) is 0 Å². The fraction of sp³-hybridized carbons (Fsp3) is 0.533. The molecule has 20 heavy (non-hydrogen) atoms. The smallest absolute Gasteiger partial charge is 0.220 e. The zero-order valence-corrected chi connectivity index (χ0v) is 12.3. The van der Waals surface area contributed by atoms with E-state index in [-0.39, 0.29) is 11.8 Å². The summed E-state index contributed by atoms with van der Waals surface area (Å²) in [4.78, 5) is 28.8. The lowest BCUT2D eigenvalue weighted by Gasteiger charge is -2.21. The summed E-state index contributed by atoms with van der Waals surface area (Å²) >= 11 is 0. The van der Waals surface area contributed by atoms with E-state index in [2.05, 4.69) is 17.2 Å². The van der Waals surface area contributed by atoms with Crippen LogP contribution < -0.4 is 5.32 Å². The summed E-state index contributed by atoms with van der Waals surface area (Å²) in [5.74, 6) is 0.0592. The van der Waals surface area contributed by atoms with Crippen LogP contribution in [0.4, 0.5) is 0 Å². The molecule has 1 N–H and O–H groups in total. The van der Waals surface area contributed by atoms with Crippen molar-refractivity contribution in [2.75, 3.05) is 13.1 Å². The Morgan fingerprint density at radius 3 is 2.60 bits per heavy atom. The second-order valence-electron chi connectivity index (χ2n) is 4.75. The molecule has 0 radical (unpaired) electrons. The van der Waals surface area contributed by atoms with Crippen molar-refractivity contribution in [2.24, 2.45) is 0 Å². The lowest BCUT2D eigenvalue weighted by Crippen LogP contribution is -2.37. The maximum absolute atomic E-state index is 11.6. The van der Waals surface area contributed by atoms with Gasteiger partial charge < -0.3 is 10.2 Å². The minimum absolute atomic E-state index is 0.00428. The third kappa shape index (κ3) is 6.31. The highest BCUT2D eigenvalue weighted by molar-refractivity contribution is 5.76. The summed E-state index contributed by atoms with van der Waals surface area (Å²) < 4.78 is 0. The van der Waals surface area contributed by atoms with E-state index in [0.29, 0.717) is 26.1 Å². The molecule has 1 aromatic rings. The molecule has 5 heteroatoms. The van der Waals surface area contributed by atoms with E-state index in [1.54, 1.807) is 24.2 Å². The van der Waals surface area contributed by atoms with E-state index in [1.807, 2.05) is 12.1 Å². The summed E-state index contributed by atoms with van der Waals surface area (Å²) in [5.41, 5.74) is 1.03. The minimum atomic E-state index is 0.00428. The molecule has 0 fully saturated rings. The van der Waals surface area contributed by atoms with Crippen LogP contribution in [-0.2, 0) is 16.1 Å². The third-order valence-corrected chi connectivity index (χ3v) is 3.03. The second kappa shape index (κ2) is 9.07. The summed E-state index contributed by atoms with van der Waals surface area (Å²) in [6.45, 7) is 5.16. The van der Waals surface area contributed by atoms with Crippen LogP contribution in [0, 0.1) is 0 Å².